The zero-order chi connectivity index (χ0) is 23.3. The van der Waals surface area contributed by atoms with Crippen molar-refractivity contribution in [1.29, 1.82) is 0 Å². The Morgan fingerprint density at radius 2 is 1.94 bits per heavy atom. The van der Waals surface area contributed by atoms with E-state index >= 15 is 0 Å². The van der Waals surface area contributed by atoms with E-state index in [1.807, 2.05) is 0 Å². The minimum absolute atomic E-state index is 0.100. The molecule has 1 aromatic heterocycles. The molecule has 0 saturated heterocycles. The Morgan fingerprint density at radius 3 is 2.56 bits per heavy atom. The Labute approximate surface area is 194 Å². The first-order chi connectivity index (χ1) is 15.2. The van der Waals surface area contributed by atoms with Crippen molar-refractivity contribution in [3.8, 4) is 5.75 Å². The third-order valence-corrected chi connectivity index (χ3v) is 5.58. The van der Waals surface area contributed by atoms with Gasteiger partial charge in [-0.3, -0.25) is 9.59 Å². The van der Waals surface area contributed by atoms with Crippen LogP contribution in [0.5, 0.6) is 5.75 Å². The first-order valence-corrected chi connectivity index (χ1v) is 10.7. The SMILES string of the molecule is Nc1ncc(C=C(NC(=O)c2ccc(C(=O)NCc3cccc(O)c3)cc2Br)C(=O)O)s1. The number of nitrogens with zero attached hydrogens (tertiary/aromatic N) is 1. The highest BCUT2D eigenvalue weighted by atomic mass is 79.9. The van der Waals surface area contributed by atoms with Gasteiger partial charge in [0, 0.05) is 22.8 Å². The molecule has 0 radical (unpaired) electrons. The van der Waals surface area contributed by atoms with E-state index in [-0.39, 0.29) is 34.6 Å². The average Bonchev–Trinajstić information content (AvgIpc) is 3.16. The van der Waals surface area contributed by atoms with Crippen molar-refractivity contribution in [2.45, 2.75) is 6.54 Å². The van der Waals surface area contributed by atoms with Gasteiger partial charge in [-0.15, -0.1) is 0 Å². The zero-order valence-corrected chi connectivity index (χ0v) is 18.7. The van der Waals surface area contributed by atoms with Crippen LogP contribution < -0.4 is 16.4 Å². The standard InChI is InChI=1S/C21H17BrN4O5S/c22-16-7-12(18(28)24-9-11-2-1-3-13(27)6-11)4-5-15(16)19(29)26-17(20(30)31)8-14-10-25-21(23)32-14/h1-8,10,27H,9H2,(H2,23,25)(H,24,28)(H,26,29)(H,30,31). The van der Waals surface area contributed by atoms with Gasteiger partial charge < -0.3 is 26.6 Å². The number of benzene rings is 2. The number of carbonyl (C=O) groups excluding carboxylic acids is 2. The quantitative estimate of drug-likeness (QED) is 0.302. The van der Waals surface area contributed by atoms with E-state index in [1.54, 1.807) is 12.1 Å². The normalized spacial score (nSPS) is 11.1. The molecule has 0 spiro atoms. The summed E-state index contributed by atoms with van der Waals surface area (Å²) in [6.45, 7) is 0.210. The van der Waals surface area contributed by atoms with E-state index in [0.717, 1.165) is 16.9 Å². The molecule has 0 atom stereocenters. The van der Waals surface area contributed by atoms with Crippen LogP contribution in [0.1, 0.15) is 31.2 Å². The summed E-state index contributed by atoms with van der Waals surface area (Å²) in [5.41, 5.74) is 6.35. The van der Waals surface area contributed by atoms with Crippen LogP contribution in [-0.2, 0) is 11.3 Å². The summed E-state index contributed by atoms with van der Waals surface area (Å²) in [6.07, 6.45) is 2.65. The van der Waals surface area contributed by atoms with Crippen LogP contribution in [0.25, 0.3) is 6.08 Å². The van der Waals surface area contributed by atoms with Gasteiger partial charge in [-0.1, -0.05) is 23.5 Å². The highest BCUT2D eigenvalue weighted by molar-refractivity contribution is 9.10. The van der Waals surface area contributed by atoms with Gasteiger partial charge in [-0.2, -0.15) is 0 Å². The molecule has 0 saturated carbocycles. The maximum absolute atomic E-state index is 12.6. The number of carboxylic acid groups (broad SMARTS) is 1. The van der Waals surface area contributed by atoms with Crippen LogP contribution in [0.4, 0.5) is 5.13 Å². The summed E-state index contributed by atoms with van der Waals surface area (Å²) in [7, 11) is 0. The van der Waals surface area contributed by atoms with Crippen molar-refractivity contribution in [1.82, 2.24) is 15.6 Å². The Hall–Kier alpha value is -3.70. The summed E-state index contributed by atoms with van der Waals surface area (Å²) in [6, 6.07) is 10.8. The second kappa shape index (κ2) is 10.1. The topological polar surface area (TPSA) is 155 Å². The fourth-order valence-corrected chi connectivity index (χ4v) is 3.83. The van der Waals surface area contributed by atoms with Gasteiger partial charge in [0.1, 0.15) is 11.4 Å². The molecule has 0 bridgehead atoms. The third kappa shape index (κ3) is 5.93. The summed E-state index contributed by atoms with van der Waals surface area (Å²) in [5, 5.41) is 24.2. The molecule has 0 aliphatic carbocycles. The molecule has 2 aromatic carbocycles. The number of aliphatic carboxylic acids is 1. The largest absolute Gasteiger partial charge is 0.508 e. The number of halogens is 1. The monoisotopic (exact) mass is 516 g/mol. The van der Waals surface area contributed by atoms with Crippen molar-refractivity contribution in [2.24, 2.45) is 0 Å². The molecule has 11 heteroatoms. The van der Waals surface area contributed by atoms with E-state index in [0.29, 0.717) is 14.9 Å². The Morgan fingerprint density at radius 1 is 1.16 bits per heavy atom. The highest BCUT2D eigenvalue weighted by Gasteiger charge is 2.18. The predicted octanol–water partition coefficient (Wildman–Crippen LogP) is 2.98. The molecule has 9 nitrogen and oxygen atoms in total. The number of amides is 2. The number of anilines is 1. The molecule has 0 unspecified atom stereocenters. The lowest BCUT2D eigenvalue weighted by Crippen LogP contribution is -2.28. The molecule has 0 aliphatic rings. The lowest BCUT2D eigenvalue weighted by molar-refractivity contribution is -0.132. The molecule has 1 heterocycles. The number of phenolic OH excluding ortho intramolecular Hbond substituents is 1. The Balaban J connectivity index is 1.70. The van der Waals surface area contributed by atoms with E-state index in [9.17, 15) is 24.6 Å². The second-order valence-corrected chi connectivity index (χ2v) is 8.41. The van der Waals surface area contributed by atoms with Gasteiger partial charge in [0.15, 0.2) is 5.13 Å². The number of hydrogen-bond acceptors (Lipinski definition) is 7. The third-order valence-electron chi connectivity index (χ3n) is 4.15. The van der Waals surface area contributed by atoms with Gasteiger partial charge in [-0.05, 0) is 57.9 Å². The molecule has 164 valence electrons. The molecule has 32 heavy (non-hydrogen) atoms. The van der Waals surface area contributed by atoms with Crippen molar-refractivity contribution in [3.63, 3.8) is 0 Å². The first-order valence-electron chi connectivity index (χ1n) is 9.06. The molecule has 3 rings (SSSR count). The van der Waals surface area contributed by atoms with Crippen molar-refractivity contribution < 1.29 is 24.6 Å². The fraction of sp³-hybridized carbons (Fsp3) is 0.0476. The summed E-state index contributed by atoms with van der Waals surface area (Å²) < 4.78 is 0.312. The average molecular weight is 517 g/mol. The zero-order valence-electron chi connectivity index (χ0n) is 16.3. The molecule has 3 aromatic rings. The van der Waals surface area contributed by atoms with Crippen LogP contribution in [0.2, 0.25) is 0 Å². The highest BCUT2D eigenvalue weighted by Crippen LogP contribution is 2.21. The maximum Gasteiger partial charge on any atom is 0.352 e. The number of carboxylic acids is 1. The van der Waals surface area contributed by atoms with Gasteiger partial charge in [0.25, 0.3) is 11.8 Å². The van der Waals surface area contributed by atoms with Gasteiger partial charge >= 0.3 is 5.97 Å². The number of aromatic nitrogens is 1. The van der Waals surface area contributed by atoms with Crippen LogP contribution in [0, 0.1) is 0 Å². The van der Waals surface area contributed by atoms with Crippen molar-refractivity contribution in [3.05, 3.63) is 80.4 Å². The number of nitrogens with one attached hydrogen (secondary N) is 2. The number of rotatable bonds is 7. The second-order valence-electron chi connectivity index (χ2n) is 6.47. The van der Waals surface area contributed by atoms with E-state index in [4.69, 9.17) is 5.73 Å². The van der Waals surface area contributed by atoms with E-state index in [2.05, 4.69) is 31.5 Å². The molecular weight excluding hydrogens is 500 g/mol. The summed E-state index contributed by atoms with van der Waals surface area (Å²) in [5.74, 6) is -2.28. The van der Waals surface area contributed by atoms with Crippen LogP contribution in [0.3, 0.4) is 0 Å². The Bertz CT molecular complexity index is 1220. The molecular formula is C21H17BrN4O5S. The fourth-order valence-electron chi connectivity index (χ4n) is 2.64. The summed E-state index contributed by atoms with van der Waals surface area (Å²) in [4.78, 5) is 40.8. The minimum Gasteiger partial charge on any atom is -0.508 e. The maximum atomic E-state index is 12.6. The number of nitrogen functional groups attached to an aromatic ring is 1. The lowest BCUT2D eigenvalue weighted by atomic mass is 10.1. The molecule has 0 fully saturated rings. The summed E-state index contributed by atoms with van der Waals surface area (Å²) >= 11 is 4.33. The number of nitrogens with two attached hydrogens (primary N) is 1. The van der Waals surface area contributed by atoms with Gasteiger partial charge in [0.05, 0.1) is 10.4 Å². The molecule has 0 aliphatic heterocycles. The van der Waals surface area contributed by atoms with Gasteiger partial charge in [-0.25, -0.2) is 9.78 Å². The van der Waals surface area contributed by atoms with Crippen LogP contribution in [-0.4, -0.2) is 33.0 Å². The van der Waals surface area contributed by atoms with Crippen LogP contribution in [0.15, 0.2) is 58.8 Å². The molecule has 2 amide bonds. The van der Waals surface area contributed by atoms with Crippen LogP contribution >= 0.6 is 27.3 Å². The molecule has 6 N–H and O–H groups in total. The minimum atomic E-state index is -1.33. The number of phenols is 1. The van der Waals surface area contributed by atoms with Crippen molar-refractivity contribution in [2.75, 3.05) is 5.73 Å². The number of thiazole rings is 1. The number of hydrogen-bond donors (Lipinski definition) is 5. The number of aromatic hydroxyl groups is 1. The predicted molar refractivity (Wildman–Crippen MR) is 123 cm³/mol. The van der Waals surface area contributed by atoms with E-state index < -0.39 is 11.9 Å². The number of carbonyl (C=O) groups is 3. The first kappa shape index (κ1) is 23.0. The lowest BCUT2D eigenvalue weighted by Gasteiger charge is -2.10. The van der Waals surface area contributed by atoms with Crippen molar-refractivity contribution >= 4 is 56.3 Å². The van der Waals surface area contributed by atoms with E-state index in [1.165, 1.54) is 42.6 Å². The Kier molecular flexibility index (Phi) is 7.23. The van der Waals surface area contributed by atoms with Gasteiger partial charge in [0.2, 0.25) is 0 Å². The smallest absolute Gasteiger partial charge is 0.352 e.